The van der Waals surface area contributed by atoms with Crippen molar-refractivity contribution < 1.29 is 4.79 Å². The minimum atomic E-state index is -0.181. The molecule has 3 aromatic carbocycles. The summed E-state index contributed by atoms with van der Waals surface area (Å²) < 4.78 is 0. The Hall–Kier alpha value is -4.13. The number of amides is 1. The molecule has 7 heteroatoms. The minimum Gasteiger partial charge on any atom is -0.326 e. The number of benzene rings is 3. The lowest BCUT2D eigenvalue weighted by molar-refractivity contribution is 0.102. The van der Waals surface area contributed by atoms with Crippen molar-refractivity contribution in [1.29, 1.82) is 0 Å². The van der Waals surface area contributed by atoms with Gasteiger partial charge in [-0.25, -0.2) is 4.98 Å². The molecule has 7 nitrogen and oxygen atoms in total. The van der Waals surface area contributed by atoms with Gasteiger partial charge in [-0.05, 0) is 60.9 Å². The number of imidazole rings is 1. The molecule has 0 spiro atoms. The second-order valence-corrected chi connectivity index (χ2v) is 7.83. The zero-order chi connectivity index (χ0) is 21.9. The van der Waals surface area contributed by atoms with Gasteiger partial charge >= 0.3 is 0 Å². The van der Waals surface area contributed by atoms with Crippen LogP contribution in [0.15, 0.2) is 66.9 Å². The Bertz CT molecular complexity index is 1400. The van der Waals surface area contributed by atoms with Crippen LogP contribution in [0.25, 0.3) is 21.9 Å². The highest BCUT2D eigenvalue weighted by Crippen LogP contribution is 2.24. The molecular formula is C25H24N6O. The number of nitrogens with zero attached hydrogens (tertiary/aromatic N) is 2. The largest absolute Gasteiger partial charge is 0.326 e. The van der Waals surface area contributed by atoms with Gasteiger partial charge < -0.3 is 15.6 Å². The Morgan fingerprint density at radius 1 is 1.03 bits per heavy atom. The van der Waals surface area contributed by atoms with Crippen LogP contribution in [0.5, 0.6) is 0 Å². The molecule has 4 N–H and O–H groups in total. The van der Waals surface area contributed by atoms with E-state index in [0.717, 1.165) is 46.9 Å². The Kier molecular flexibility index (Phi) is 5.29. The third kappa shape index (κ3) is 4.05. The third-order valence-corrected chi connectivity index (χ3v) is 5.51. The molecule has 0 aliphatic rings. The van der Waals surface area contributed by atoms with E-state index in [1.54, 1.807) is 12.3 Å². The molecule has 0 aliphatic heterocycles. The number of aromatic nitrogens is 4. The molecule has 0 radical (unpaired) electrons. The van der Waals surface area contributed by atoms with E-state index in [9.17, 15) is 4.79 Å². The first kappa shape index (κ1) is 19.8. The summed E-state index contributed by atoms with van der Waals surface area (Å²) in [5, 5.41) is 14.3. The van der Waals surface area contributed by atoms with Crippen LogP contribution in [0.2, 0.25) is 0 Å². The summed E-state index contributed by atoms with van der Waals surface area (Å²) in [6.07, 6.45) is 5.07. The standard InChI is InChI=1S/C25H24N6O/c1-2-3-6-16-7-4-5-8-20(16)28-25-29-21-12-10-17(13-23(21)30-25)24(32)27-19-11-9-18-15-26-31-22(18)14-19/h4-5,7-15H,2-3,6H2,1H3,(H,26,31)(H,27,32)(H2,28,29,30). The number of carbonyl (C=O) groups is 1. The molecule has 0 bridgehead atoms. The first-order chi connectivity index (χ1) is 15.7. The van der Waals surface area contributed by atoms with Crippen LogP contribution >= 0.6 is 0 Å². The number of unbranched alkanes of at least 4 members (excludes halogenated alkanes) is 1. The van der Waals surface area contributed by atoms with E-state index in [4.69, 9.17) is 0 Å². The molecule has 32 heavy (non-hydrogen) atoms. The third-order valence-electron chi connectivity index (χ3n) is 5.51. The fraction of sp³-hybridized carbons (Fsp3) is 0.160. The van der Waals surface area contributed by atoms with E-state index in [-0.39, 0.29) is 5.91 Å². The summed E-state index contributed by atoms with van der Waals surface area (Å²) in [4.78, 5) is 20.7. The molecule has 0 saturated heterocycles. The van der Waals surface area contributed by atoms with Gasteiger partial charge in [0.05, 0.1) is 22.7 Å². The predicted octanol–water partition coefficient (Wildman–Crippen LogP) is 5.78. The fourth-order valence-electron chi connectivity index (χ4n) is 3.78. The Balaban J connectivity index is 1.35. The number of hydrogen-bond acceptors (Lipinski definition) is 4. The van der Waals surface area contributed by atoms with Gasteiger partial charge in [-0.1, -0.05) is 31.5 Å². The maximum absolute atomic E-state index is 12.8. The Morgan fingerprint density at radius 3 is 2.84 bits per heavy atom. The molecule has 2 heterocycles. The molecule has 5 aromatic rings. The van der Waals surface area contributed by atoms with Crippen molar-refractivity contribution in [3.05, 3.63) is 78.0 Å². The van der Waals surface area contributed by atoms with Crippen molar-refractivity contribution in [1.82, 2.24) is 20.2 Å². The molecule has 0 fully saturated rings. The van der Waals surface area contributed by atoms with Crippen LogP contribution in [-0.2, 0) is 6.42 Å². The number of carbonyl (C=O) groups excluding carboxylic acids is 1. The summed E-state index contributed by atoms with van der Waals surface area (Å²) in [6, 6.07) is 19.4. The van der Waals surface area contributed by atoms with Crippen LogP contribution in [0, 0.1) is 0 Å². The van der Waals surface area contributed by atoms with E-state index in [2.05, 4.69) is 55.9 Å². The van der Waals surface area contributed by atoms with E-state index in [1.165, 1.54) is 5.56 Å². The number of aryl methyl sites for hydroxylation is 1. The van der Waals surface area contributed by atoms with Gasteiger partial charge in [-0.2, -0.15) is 5.10 Å². The molecular weight excluding hydrogens is 400 g/mol. The lowest BCUT2D eigenvalue weighted by atomic mass is 10.1. The van der Waals surface area contributed by atoms with Crippen molar-refractivity contribution in [3.8, 4) is 0 Å². The Morgan fingerprint density at radius 2 is 1.94 bits per heavy atom. The number of H-pyrrole nitrogens is 2. The average molecular weight is 425 g/mol. The summed E-state index contributed by atoms with van der Waals surface area (Å²) >= 11 is 0. The Labute approximate surface area is 185 Å². The lowest BCUT2D eigenvalue weighted by Gasteiger charge is -2.09. The second kappa shape index (κ2) is 8.55. The molecule has 5 rings (SSSR count). The minimum absolute atomic E-state index is 0.181. The van der Waals surface area contributed by atoms with E-state index in [1.807, 2.05) is 36.4 Å². The lowest BCUT2D eigenvalue weighted by Crippen LogP contribution is -2.11. The van der Waals surface area contributed by atoms with E-state index < -0.39 is 0 Å². The highest BCUT2D eigenvalue weighted by atomic mass is 16.1. The second-order valence-electron chi connectivity index (χ2n) is 7.83. The molecule has 1 amide bonds. The fourth-order valence-corrected chi connectivity index (χ4v) is 3.78. The van der Waals surface area contributed by atoms with Crippen LogP contribution < -0.4 is 10.6 Å². The number of anilines is 3. The zero-order valence-electron chi connectivity index (χ0n) is 17.8. The number of rotatable bonds is 7. The number of aromatic amines is 2. The normalized spacial score (nSPS) is 11.2. The molecule has 0 saturated carbocycles. The van der Waals surface area contributed by atoms with Gasteiger partial charge in [0.1, 0.15) is 0 Å². The molecule has 0 atom stereocenters. The number of fused-ring (bicyclic) bond motifs is 2. The van der Waals surface area contributed by atoms with Crippen LogP contribution in [-0.4, -0.2) is 26.1 Å². The quantitative estimate of drug-likeness (QED) is 0.266. The van der Waals surface area contributed by atoms with E-state index >= 15 is 0 Å². The summed E-state index contributed by atoms with van der Waals surface area (Å²) in [5.41, 5.74) is 6.06. The van der Waals surface area contributed by atoms with Gasteiger partial charge in [-0.15, -0.1) is 0 Å². The van der Waals surface area contributed by atoms with Crippen LogP contribution in [0.3, 0.4) is 0 Å². The van der Waals surface area contributed by atoms with Crippen LogP contribution in [0.4, 0.5) is 17.3 Å². The van der Waals surface area contributed by atoms with Gasteiger partial charge in [0.15, 0.2) is 0 Å². The monoisotopic (exact) mass is 424 g/mol. The van der Waals surface area contributed by atoms with Crippen molar-refractivity contribution in [3.63, 3.8) is 0 Å². The predicted molar refractivity (Wildman–Crippen MR) is 128 cm³/mol. The number of para-hydroxylation sites is 1. The average Bonchev–Trinajstić information content (AvgIpc) is 3.43. The van der Waals surface area contributed by atoms with Crippen molar-refractivity contribution in [2.45, 2.75) is 26.2 Å². The topological polar surface area (TPSA) is 98.5 Å². The van der Waals surface area contributed by atoms with Gasteiger partial charge in [0, 0.05) is 22.3 Å². The van der Waals surface area contributed by atoms with Crippen molar-refractivity contribution in [2.75, 3.05) is 10.6 Å². The summed E-state index contributed by atoms with van der Waals surface area (Å²) in [5.74, 6) is 0.478. The SMILES string of the molecule is CCCCc1ccccc1Nc1nc2ccc(C(=O)Nc3ccc4cn[nH]c4c3)cc2[nH]1. The first-order valence-corrected chi connectivity index (χ1v) is 10.8. The van der Waals surface area contributed by atoms with Crippen molar-refractivity contribution >= 4 is 45.2 Å². The maximum atomic E-state index is 12.8. The molecule has 2 aromatic heterocycles. The number of hydrogen-bond donors (Lipinski definition) is 4. The summed E-state index contributed by atoms with van der Waals surface area (Å²) in [7, 11) is 0. The highest BCUT2D eigenvalue weighted by molar-refractivity contribution is 6.06. The number of nitrogens with one attached hydrogen (secondary N) is 4. The smallest absolute Gasteiger partial charge is 0.255 e. The first-order valence-electron chi connectivity index (χ1n) is 10.8. The van der Waals surface area contributed by atoms with E-state index in [0.29, 0.717) is 17.2 Å². The molecule has 0 aliphatic carbocycles. The maximum Gasteiger partial charge on any atom is 0.255 e. The van der Waals surface area contributed by atoms with Crippen molar-refractivity contribution in [2.24, 2.45) is 0 Å². The van der Waals surface area contributed by atoms with Gasteiger partial charge in [0.25, 0.3) is 5.91 Å². The van der Waals surface area contributed by atoms with Crippen LogP contribution in [0.1, 0.15) is 35.7 Å². The molecule has 160 valence electrons. The van der Waals surface area contributed by atoms with Gasteiger partial charge in [0.2, 0.25) is 5.95 Å². The van der Waals surface area contributed by atoms with Gasteiger partial charge in [-0.3, -0.25) is 9.89 Å². The molecule has 0 unspecified atom stereocenters. The zero-order valence-corrected chi connectivity index (χ0v) is 17.8. The summed E-state index contributed by atoms with van der Waals surface area (Å²) in [6.45, 7) is 2.19. The highest BCUT2D eigenvalue weighted by Gasteiger charge is 2.11.